The van der Waals surface area contributed by atoms with Gasteiger partial charge in [-0.25, -0.2) is 4.79 Å². The Morgan fingerprint density at radius 3 is 2.74 bits per heavy atom. The summed E-state index contributed by atoms with van der Waals surface area (Å²) in [4.78, 5) is 50.1. The number of ketones is 2. The molecule has 6 aliphatic rings. The lowest BCUT2D eigenvalue weighted by molar-refractivity contribution is -0.220. The molecule has 2 aliphatic heterocycles. The molecule has 278 valence electrons. The van der Waals surface area contributed by atoms with Gasteiger partial charge in [0, 0.05) is 23.3 Å². The molecule has 13 heteroatoms. The Morgan fingerprint density at radius 2 is 1.98 bits per heavy atom. The normalized spacial score (nSPS) is 40.9. The highest BCUT2D eigenvalue weighted by atomic mass is 16.7. The van der Waals surface area contributed by atoms with Gasteiger partial charge in [0.2, 0.25) is 0 Å². The van der Waals surface area contributed by atoms with Crippen LogP contribution in [0.3, 0.4) is 0 Å². The van der Waals surface area contributed by atoms with Crippen LogP contribution in [-0.4, -0.2) is 91.0 Å². The Hall–Kier alpha value is -2.68. The number of allylic oxidation sites excluding steroid dienone is 4. The fourth-order valence-electron chi connectivity index (χ4n) is 10.3. The monoisotopic (exact) mass is 701 g/mol. The van der Waals surface area contributed by atoms with Crippen LogP contribution in [0.1, 0.15) is 91.4 Å². The number of carbonyl (C=O) groups is 4. The van der Waals surface area contributed by atoms with Crippen molar-refractivity contribution >= 4 is 23.6 Å². The van der Waals surface area contributed by atoms with Gasteiger partial charge in [-0.05, 0) is 88.2 Å². The molecule has 0 aromatic carbocycles. The summed E-state index contributed by atoms with van der Waals surface area (Å²) in [5.41, 5.74) is 9.71. The van der Waals surface area contributed by atoms with Crippen LogP contribution in [0.25, 0.3) is 0 Å². The zero-order chi connectivity index (χ0) is 35.8. The molecule has 50 heavy (non-hydrogen) atoms. The number of hydrogen-bond donors (Lipinski definition) is 4. The van der Waals surface area contributed by atoms with E-state index < -0.39 is 65.4 Å². The molecule has 0 aromatic rings. The van der Waals surface area contributed by atoms with Crippen molar-refractivity contribution < 1.29 is 48.0 Å². The highest BCUT2D eigenvalue weighted by Crippen LogP contribution is 2.69. The first-order chi connectivity index (χ1) is 23.8. The Bertz CT molecular complexity index is 1390. The van der Waals surface area contributed by atoms with Gasteiger partial charge in [0.05, 0.1) is 18.3 Å². The van der Waals surface area contributed by atoms with E-state index in [1.54, 1.807) is 12.2 Å². The van der Waals surface area contributed by atoms with Crippen molar-refractivity contribution in [3.05, 3.63) is 23.8 Å². The number of esters is 1. The molecule has 5 fully saturated rings. The van der Waals surface area contributed by atoms with Crippen LogP contribution >= 0.6 is 0 Å². The molecule has 2 saturated heterocycles. The standard InChI is InChI=1S/C37H55N3O10/c1-4-7-31-49-29-17-25-24-12-11-21-16-22(41)13-14-35(21,2)32(24)27(42)18-36(25,3)37(29,50-31)28(43)20-46-30-10-5-8-23(48-30)19-47-33(44)26(38)9-6-15-40-34(39)45/h13-14,16,23-27,29-32,42H,4-12,15,17-20,38H2,1-3H3,(H3,39,40,45)/t23?,24-,25-,26-,27-,29+,30?,31?,32+,35-,36-,37+/m0/s1. The second-order valence-electron chi connectivity index (χ2n) is 15.7. The molecular formula is C37H55N3O10. The first kappa shape index (κ1) is 37.1. The Labute approximate surface area is 294 Å². The summed E-state index contributed by atoms with van der Waals surface area (Å²) in [6, 6.07) is -1.47. The lowest BCUT2D eigenvalue weighted by Crippen LogP contribution is -2.63. The second kappa shape index (κ2) is 14.7. The van der Waals surface area contributed by atoms with Crippen LogP contribution in [0.15, 0.2) is 23.8 Å². The van der Waals surface area contributed by atoms with Gasteiger partial charge in [-0.2, -0.15) is 0 Å². The molecule has 0 radical (unpaired) electrons. The van der Waals surface area contributed by atoms with E-state index in [2.05, 4.69) is 26.1 Å². The number of urea groups is 1. The fourth-order valence-corrected chi connectivity index (χ4v) is 10.3. The SMILES string of the molecule is CCCC1O[C@@H]2C[C@H]3[C@@H]4CCC5=CC(=O)C=C[C@]5(C)[C@H]4[C@@H](O)C[C@]3(C)[C@]2(C(=O)COC2CCCC(COC(=O)[C@@H](N)CCCNC(N)=O)O2)O1. The summed E-state index contributed by atoms with van der Waals surface area (Å²) in [6.45, 7) is 6.39. The summed E-state index contributed by atoms with van der Waals surface area (Å²) in [5.74, 6) is -0.625. The predicted octanol–water partition coefficient (Wildman–Crippen LogP) is 2.96. The van der Waals surface area contributed by atoms with E-state index in [0.29, 0.717) is 51.5 Å². The lowest BCUT2D eigenvalue weighted by atomic mass is 9.46. The molecule has 3 saturated carbocycles. The zero-order valence-electron chi connectivity index (χ0n) is 29.6. The van der Waals surface area contributed by atoms with Gasteiger partial charge in [0.15, 0.2) is 29.7 Å². The number of carbonyl (C=O) groups excluding carboxylic acids is 4. The number of aliphatic hydroxyl groups excluding tert-OH is 1. The van der Waals surface area contributed by atoms with Gasteiger partial charge in [0.1, 0.15) is 19.3 Å². The summed E-state index contributed by atoms with van der Waals surface area (Å²) in [5, 5.41) is 14.4. The lowest BCUT2D eigenvalue weighted by Gasteiger charge is -2.59. The van der Waals surface area contributed by atoms with Crippen molar-refractivity contribution in [2.24, 2.45) is 40.1 Å². The van der Waals surface area contributed by atoms with Gasteiger partial charge in [-0.3, -0.25) is 14.4 Å². The molecule has 6 N–H and O–H groups in total. The average molecular weight is 702 g/mol. The van der Waals surface area contributed by atoms with Gasteiger partial charge in [0.25, 0.3) is 0 Å². The van der Waals surface area contributed by atoms with Crippen molar-refractivity contribution in [1.82, 2.24) is 5.32 Å². The third-order valence-electron chi connectivity index (χ3n) is 12.6. The van der Waals surface area contributed by atoms with Crippen LogP contribution in [-0.2, 0) is 38.1 Å². The maximum Gasteiger partial charge on any atom is 0.322 e. The molecule has 4 aliphatic carbocycles. The number of primary amides is 1. The predicted molar refractivity (Wildman–Crippen MR) is 180 cm³/mol. The topological polar surface area (TPSA) is 199 Å². The highest BCUT2D eigenvalue weighted by molar-refractivity contribution is 6.01. The highest BCUT2D eigenvalue weighted by Gasteiger charge is 2.75. The Balaban J connectivity index is 1.11. The minimum absolute atomic E-state index is 0.00334. The van der Waals surface area contributed by atoms with Crippen LogP contribution in [0.4, 0.5) is 4.79 Å². The first-order valence-corrected chi connectivity index (χ1v) is 18.5. The average Bonchev–Trinajstić information content (AvgIpc) is 3.56. The number of hydrogen-bond acceptors (Lipinski definition) is 11. The maximum atomic E-state index is 14.6. The van der Waals surface area contributed by atoms with E-state index in [1.165, 1.54) is 0 Å². The van der Waals surface area contributed by atoms with Gasteiger partial charge < -0.3 is 45.6 Å². The minimum atomic E-state index is -1.27. The molecule has 2 amide bonds. The molecule has 2 heterocycles. The van der Waals surface area contributed by atoms with E-state index in [9.17, 15) is 24.3 Å². The molecule has 12 atom stereocenters. The molecular weight excluding hydrogens is 646 g/mol. The van der Waals surface area contributed by atoms with E-state index in [-0.39, 0.29) is 42.5 Å². The van der Waals surface area contributed by atoms with E-state index >= 15 is 0 Å². The number of aliphatic hydroxyl groups is 1. The summed E-state index contributed by atoms with van der Waals surface area (Å²) < 4.78 is 31.0. The number of amides is 2. The van der Waals surface area contributed by atoms with Gasteiger partial charge in [-0.1, -0.05) is 38.8 Å². The maximum absolute atomic E-state index is 14.6. The summed E-state index contributed by atoms with van der Waals surface area (Å²) >= 11 is 0. The quantitative estimate of drug-likeness (QED) is 0.163. The molecule has 6 rings (SSSR count). The van der Waals surface area contributed by atoms with Crippen LogP contribution in [0.5, 0.6) is 0 Å². The molecule has 3 unspecified atom stereocenters. The van der Waals surface area contributed by atoms with Crippen molar-refractivity contribution in [2.75, 3.05) is 19.8 Å². The van der Waals surface area contributed by atoms with Gasteiger partial charge in [-0.15, -0.1) is 0 Å². The minimum Gasteiger partial charge on any atom is -0.462 e. The third kappa shape index (κ3) is 6.69. The van der Waals surface area contributed by atoms with E-state index in [0.717, 1.165) is 31.3 Å². The van der Waals surface area contributed by atoms with Crippen LogP contribution in [0.2, 0.25) is 0 Å². The summed E-state index contributed by atoms with van der Waals surface area (Å²) in [6.07, 6.45) is 9.60. The molecule has 0 bridgehead atoms. The first-order valence-electron chi connectivity index (χ1n) is 18.5. The van der Waals surface area contributed by atoms with Crippen molar-refractivity contribution in [3.8, 4) is 0 Å². The molecule has 0 spiro atoms. The smallest absolute Gasteiger partial charge is 0.322 e. The van der Waals surface area contributed by atoms with Crippen LogP contribution < -0.4 is 16.8 Å². The molecule has 13 nitrogen and oxygen atoms in total. The van der Waals surface area contributed by atoms with E-state index in [4.69, 9.17) is 35.2 Å². The largest absolute Gasteiger partial charge is 0.462 e. The molecule has 0 aromatic heterocycles. The fraction of sp³-hybridized carbons (Fsp3) is 0.784. The number of rotatable bonds is 13. The number of Topliss-reactive ketones (excluding diaryl/α,β-unsaturated/α-hetero) is 1. The summed E-state index contributed by atoms with van der Waals surface area (Å²) in [7, 11) is 0. The zero-order valence-corrected chi connectivity index (χ0v) is 29.6. The second-order valence-corrected chi connectivity index (χ2v) is 15.7. The third-order valence-corrected chi connectivity index (χ3v) is 12.6. The van der Waals surface area contributed by atoms with Crippen molar-refractivity contribution in [2.45, 2.75) is 134 Å². The Morgan fingerprint density at radius 1 is 1.18 bits per heavy atom. The van der Waals surface area contributed by atoms with E-state index in [1.807, 2.05) is 6.08 Å². The van der Waals surface area contributed by atoms with Crippen molar-refractivity contribution in [3.63, 3.8) is 0 Å². The number of fused-ring (bicyclic) bond motifs is 7. The van der Waals surface area contributed by atoms with Gasteiger partial charge >= 0.3 is 12.0 Å². The van der Waals surface area contributed by atoms with Crippen molar-refractivity contribution in [1.29, 1.82) is 0 Å². The number of nitrogens with two attached hydrogens (primary N) is 2. The number of nitrogens with one attached hydrogen (secondary N) is 1. The number of ether oxygens (including phenoxy) is 5. The van der Waals surface area contributed by atoms with Crippen LogP contribution in [0, 0.1) is 28.6 Å². The Kier molecular flexibility index (Phi) is 10.9.